The number of imidazole rings is 1. The van der Waals surface area contributed by atoms with Crippen molar-refractivity contribution in [3.05, 3.63) is 18.7 Å². The van der Waals surface area contributed by atoms with Gasteiger partial charge in [0.15, 0.2) is 22.8 Å². The first kappa shape index (κ1) is 20.5. The van der Waals surface area contributed by atoms with Gasteiger partial charge in [0.1, 0.15) is 0 Å². The molecule has 5 rings (SSSR count). The van der Waals surface area contributed by atoms with Crippen molar-refractivity contribution in [2.24, 2.45) is 0 Å². The highest BCUT2D eigenvalue weighted by Crippen LogP contribution is 2.27. The SMILES string of the molecule is Nc1ncc(-c2nc(N3CCOCC3)c3ncn(CCC(=O)N4CCOCC4)c3n2)cn1. The van der Waals surface area contributed by atoms with Crippen molar-refractivity contribution < 1.29 is 14.3 Å². The van der Waals surface area contributed by atoms with Crippen LogP contribution in [0.15, 0.2) is 18.7 Å². The number of carbonyl (C=O) groups is 1. The zero-order valence-electron chi connectivity index (χ0n) is 17.7. The maximum Gasteiger partial charge on any atom is 0.224 e. The molecule has 3 aromatic rings. The van der Waals surface area contributed by atoms with E-state index < -0.39 is 0 Å². The fourth-order valence-electron chi connectivity index (χ4n) is 3.86. The van der Waals surface area contributed by atoms with Crippen LogP contribution in [-0.4, -0.2) is 92.9 Å². The molecule has 5 heterocycles. The minimum atomic E-state index is 0.102. The fourth-order valence-corrected chi connectivity index (χ4v) is 3.86. The van der Waals surface area contributed by atoms with Crippen LogP contribution in [0.1, 0.15) is 6.42 Å². The second-order valence-electron chi connectivity index (χ2n) is 7.65. The van der Waals surface area contributed by atoms with Crippen LogP contribution in [-0.2, 0) is 20.8 Å². The summed E-state index contributed by atoms with van der Waals surface area (Å²) in [4.78, 5) is 38.9. The van der Waals surface area contributed by atoms with Gasteiger partial charge >= 0.3 is 0 Å². The molecule has 0 bridgehead atoms. The second kappa shape index (κ2) is 9.01. The first-order valence-corrected chi connectivity index (χ1v) is 10.7. The Morgan fingerprint density at radius 3 is 2.38 bits per heavy atom. The van der Waals surface area contributed by atoms with E-state index in [1.165, 1.54) is 0 Å². The quantitative estimate of drug-likeness (QED) is 0.576. The number of hydrogen-bond acceptors (Lipinski definition) is 10. The molecular weight excluding hydrogens is 414 g/mol. The lowest BCUT2D eigenvalue weighted by Gasteiger charge is -2.28. The monoisotopic (exact) mass is 439 g/mol. The Hall–Kier alpha value is -3.38. The zero-order valence-corrected chi connectivity index (χ0v) is 17.7. The van der Waals surface area contributed by atoms with Gasteiger partial charge in [0.2, 0.25) is 11.9 Å². The van der Waals surface area contributed by atoms with E-state index in [0.717, 1.165) is 5.82 Å². The molecule has 0 radical (unpaired) electrons. The topological polar surface area (TPSA) is 137 Å². The Kier molecular flexibility index (Phi) is 5.77. The van der Waals surface area contributed by atoms with E-state index in [0.29, 0.717) is 88.1 Å². The Balaban J connectivity index is 1.47. The minimum absolute atomic E-state index is 0.102. The van der Waals surface area contributed by atoms with Crippen LogP contribution in [0.5, 0.6) is 0 Å². The Morgan fingerprint density at radius 1 is 0.969 bits per heavy atom. The normalized spacial score (nSPS) is 17.1. The molecule has 0 spiro atoms. The minimum Gasteiger partial charge on any atom is -0.378 e. The van der Waals surface area contributed by atoms with Crippen molar-refractivity contribution in [2.45, 2.75) is 13.0 Å². The largest absolute Gasteiger partial charge is 0.378 e. The molecule has 12 nitrogen and oxygen atoms in total. The predicted molar refractivity (Wildman–Crippen MR) is 116 cm³/mol. The summed E-state index contributed by atoms with van der Waals surface area (Å²) < 4.78 is 12.7. The third-order valence-corrected chi connectivity index (χ3v) is 5.62. The summed E-state index contributed by atoms with van der Waals surface area (Å²) in [6.45, 7) is 5.59. The van der Waals surface area contributed by atoms with Gasteiger partial charge in [0.25, 0.3) is 0 Å². The summed E-state index contributed by atoms with van der Waals surface area (Å²) in [5, 5.41) is 0. The highest BCUT2D eigenvalue weighted by Gasteiger charge is 2.22. The molecule has 0 aliphatic carbocycles. The fraction of sp³-hybridized carbons (Fsp3) is 0.500. The predicted octanol–water partition coefficient (Wildman–Crippen LogP) is -0.0490. The van der Waals surface area contributed by atoms with Crippen LogP contribution in [0, 0.1) is 0 Å². The number of fused-ring (bicyclic) bond motifs is 1. The lowest BCUT2D eigenvalue weighted by atomic mass is 10.3. The van der Waals surface area contributed by atoms with Crippen molar-refractivity contribution in [3.8, 4) is 11.4 Å². The zero-order chi connectivity index (χ0) is 21.9. The number of aromatic nitrogens is 6. The molecule has 0 aromatic carbocycles. The van der Waals surface area contributed by atoms with Crippen LogP contribution in [0.25, 0.3) is 22.6 Å². The van der Waals surface area contributed by atoms with E-state index in [1.54, 1.807) is 18.7 Å². The maximum absolute atomic E-state index is 12.6. The summed E-state index contributed by atoms with van der Waals surface area (Å²) in [7, 11) is 0. The molecule has 1 amide bonds. The molecule has 2 aliphatic rings. The number of aryl methyl sites for hydroxylation is 1. The van der Waals surface area contributed by atoms with E-state index in [9.17, 15) is 4.79 Å². The van der Waals surface area contributed by atoms with Gasteiger partial charge in [-0.15, -0.1) is 0 Å². The third-order valence-electron chi connectivity index (χ3n) is 5.62. The summed E-state index contributed by atoms with van der Waals surface area (Å²) in [5.74, 6) is 1.52. The van der Waals surface area contributed by atoms with Crippen LogP contribution < -0.4 is 10.6 Å². The molecule has 2 aliphatic heterocycles. The molecule has 168 valence electrons. The van der Waals surface area contributed by atoms with E-state index >= 15 is 0 Å². The molecule has 12 heteroatoms. The van der Waals surface area contributed by atoms with Crippen molar-refractivity contribution in [1.29, 1.82) is 0 Å². The maximum atomic E-state index is 12.6. The van der Waals surface area contributed by atoms with Crippen molar-refractivity contribution in [1.82, 2.24) is 34.4 Å². The molecule has 2 fully saturated rings. The average molecular weight is 439 g/mol. The van der Waals surface area contributed by atoms with Crippen molar-refractivity contribution in [2.75, 3.05) is 63.2 Å². The Labute approximate surface area is 184 Å². The number of rotatable bonds is 5. The molecule has 0 saturated carbocycles. The van der Waals surface area contributed by atoms with E-state index in [-0.39, 0.29) is 11.9 Å². The summed E-state index contributed by atoms with van der Waals surface area (Å²) >= 11 is 0. The summed E-state index contributed by atoms with van der Waals surface area (Å²) in [6, 6.07) is 0. The van der Waals surface area contributed by atoms with E-state index in [1.807, 2.05) is 9.47 Å². The summed E-state index contributed by atoms with van der Waals surface area (Å²) in [5.41, 5.74) is 7.67. The Morgan fingerprint density at radius 2 is 1.66 bits per heavy atom. The van der Waals surface area contributed by atoms with Gasteiger partial charge in [0, 0.05) is 51.5 Å². The second-order valence-corrected chi connectivity index (χ2v) is 7.65. The van der Waals surface area contributed by atoms with E-state index in [2.05, 4.69) is 19.9 Å². The first-order valence-electron chi connectivity index (χ1n) is 10.7. The number of morpholine rings is 2. The Bertz CT molecular complexity index is 1090. The number of anilines is 2. The average Bonchev–Trinajstić information content (AvgIpc) is 3.26. The lowest BCUT2D eigenvalue weighted by Crippen LogP contribution is -2.40. The number of nitrogens with two attached hydrogens (primary N) is 1. The number of nitrogen functional groups attached to an aromatic ring is 1. The number of nitrogens with zero attached hydrogens (tertiary/aromatic N) is 8. The van der Waals surface area contributed by atoms with Gasteiger partial charge in [-0.25, -0.2) is 24.9 Å². The van der Waals surface area contributed by atoms with Crippen LogP contribution in [0.3, 0.4) is 0 Å². The van der Waals surface area contributed by atoms with Crippen molar-refractivity contribution >= 4 is 28.8 Å². The number of amides is 1. The molecule has 0 unspecified atom stereocenters. The molecular formula is C20H25N9O3. The van der Waals surface area contributed by atoms with Gasteiger partial charge < -0.3 is 29.6 Å². The molecule has 0 atom stereocenters. The van der Waals surface area contributed by atoms with Gasteiger partial charge in [0.05, 0.1) is 38.3 Å². The third kappa shape index (κ3) is 4.18. The molecule has 32 heavy (non-hydrogen) atoms. The van der Waals surface area contributed by atoms with Crippen LogP contribution >= 0.6 is 0 Å². The molecule has 2 saturated heterocycles. The highest BCUT2D eigenvalue weighted by atomic mass is 16.5. The van der Waals surface area contributed by atoms with Crippen LogP contribution in [0.2, 0.25) is 0 Å². The van der Waals surface area contributed by atoms with Gasteiger partial charge in [-0.3, -0.25) is 4.79 Å². The van der Waals surface area contributed by atoms with Gasteiger partial charge in [-0.05, 0) is 0 Å². The molecule has 2 N–H and O–H groups in total. The smallest absolute Gasteiger partial charge is 0.224 e. The number of carbonyl (C=O) groups excluding carboxylic acids is 1. The van der Waals surface area contributed by atoms with E-state index in [4.69, 9.17) is 25.2 Å². The molecule has 3 aromatic heterocycles. The number of ether oxygens (including phenoxy) is 2. The van der Waals surface area contributed by atoms with Gasteiger partial charge in [-0.1, -0.05) is 0 Å². The number of hydrogen-bond donors (Lipinski definition) is 1. The van der Waals surface area contributed by atoms with Gasteiger partial charge in [-0.2, -0.15) is 0 Å². The lowest BCUT2D eigenvalue weighted by molar-refractivity contribution is -0.135. The highest BCUT2D eigenvalue weighted by molar-refractivity contribution is 5.86. The first-order chi connectivity index (χ1) is 15.7. The van der Waals surface area contributed by atoms with Crippen LogP contribution in [0.4, 0.5) is 11.8 Å². The summed E-state index contributed by atoms with van der Waals surface area (Å²) in [6.07, 6.45) is 5.30. The standard InChI is InChI=1S/C20H25N9O3/c21-20-22-11-14(12-23-20)17-25-18(28-5-9-32-10-6-28)16-19(26-17)29(13-24-16)2-1-15(30)27-3-7-31-8-4-27/h11-13H,1-10H2,(H2,21,22,23). The van der Waals surface area contributed by atoms with Crippen molar-refractivity contribution in [3.63, 3.8) is 0 Å².